The molecule has 18 heavy (non-hydrogen) atoms. The lowest BCUT2D eigenvalue weighted by molar-refractivity contribution is 0.171. The number of rotatable bonds is 4. The molecule has 0 amide bonds. The lowest BCUT2D eigenvalue weighted by Crippen LogP contribution is -2.35. The van der Waals surface area contributed by atoms with Crippen molar-refractivity contribution in [3.63, 3.8) is 0 Å². The summed E-state index contributed by atoms with van der Waals surface area (Å²) in [6.07, 6.45) is 1.21. The number of halogens is 1. The minimum atomic E-state index is -3.20. The maximum Gasteiger partial charge on any atom is 0.152 e. The second-order valence-electron chi connectivity index (χ2n) is 4.82. The predicted octanol–water partition coefficient (Wildman–Crippen LogP) is 1.19. The molecule has 1 fully saturated rings. The summed E-state index contributed by atoms with van der Waals surface area (Å²) in [7, 11) is -1.69. The molecular formula is C12H16ClNO3S. The van der Waals surface area contributed by atoms with E-state index in [0.717, 1.165) is 5.56 Å². The monoisotopic (exact) mass is 289 g/mol. The van der Waals surface area contributed by atoms with E-state index in [9.17, 15) is 8.42 Å². The van der Waals surface area contributed by atoms with E-state index in [-0.39, 0.29) is 12.5 Å². The first-order valence-corrected chi connectivity index (χ1v) is 7.86. The van der Waals surface area contributed by atoms with Crippen LogP contribution in [0.25, 0.3) is 0 Å². The molecule has 0 spiro atoms. The van der Waals surface area contributed by atoms with E-state index >= 15 is 0 Å². The van der Waals surface area contributed by atoms with E-state index in [1.54, 1.807) is 12.1 Å². The summed E-state index contributed by atoms with van der Waals surface area (Å²) in [6, 6.07) is 7.11. The molecule has 1 aliphatic rings. The summed E-state index contributed by atoms with van der Waals surface area (Å²) in [5.74, 6) is -0.232. The Kier molecular flexibility index (Phi) is 3.44. The molecule has 1 saturated carbocycles. The Morgan fingerprint density at radius 1 is 1.39 bits per heavy atom. The van der Waals surface area contributed by atoms with E-state index < -0.39 is 20.6 Å². The van der Waals surface area contributed by atoms with E-state index in [4.69, 9.17) is 22.1 Å². The van der Waals surface area contributed by atoms with E-state index in [2.05, 4.69) is 0 Å². The zero-order valence-electron chi connectivity index (χ0n) is 10.3. The van der Waals surface area contributed by atoms with Gasteiger partial charge in [0, 0.05) is 24.3 Å². The molecule has 0 aliphatic heterocycles. The molecule has 4 nitrogen and oxygen atoms in total. The fourth-order valence-electron chi connectivity index (χ4n) is 2.65. The first-order chi connectivity index (χ1) is 8.30. The molecule has 0 bridgehead atoms. The van der Waals surface area contributed by atoms with Gasteiger partial charge in [-0.2, -0.15) is 0 Å². The van der Waals surface area contributed by atoms with Crippen molar-refractivity contribution in [3.05, 3.63) is 34.9 Å². The van der Waals surface area contributed by atoms with Crippen molar-refractivity contribution < 1.29 is 13.2 Å². The summed E-state index contributed by atoms with van der Waals surface area (Å²) in [5, 5.41) is 0.0239. The van der Waals surface area contributed by atoms with Gasteiger partial charge in [-0.15, -0.1) is 0 Å². The molecule has 0 saturated heterocycles. The highest BCUT2D eigenvalue weighted by atomic mass is 35.5. The highest BCUT2D eigenvalue weighted by Gasteiger charge is 2.67. The summed E-state index contributed by atoms with van der Waals surface area (Å²) in [5.41, 5.74) is 6.21. The van der Waals surface area contributed by atoms with Crippen LogP contribution in [0.15, 0.2) is 24.3 Å². The van der Waals surface area contributed by atoms with Gasteiger partial charge in [0.05, 0.1) is 17.4 Å². The fourth-order valence-corrected chi connectivity index (χ4v) is 4.61. The quantitative estimate of drug-likeness (QED) is 0.904. The van der Waals surface area contributed by atoms with Crippen LogP contribution in [0.2, 0.25) is 5.02 Å². The van der Waals surface area contributed by atoms with Crippen LogP contribution in [0, 0.1) is 0 Å². The van der Waals surface area contributed by atoms with Crippen molar-refractivity contribution in [2.75, 3.05) is 20.0 Å². The normalized spacial score (nSPS) is 31.3. The Bertz CT molecular complexity index is 543. The Morgan fingerprint density at radius 2 is 1.94 bits per heavy atom. The van der Waals surface area contributed by atoms with Crippen LogP contribution in [-0.4, -0.2) is 39.2 Å². The van der Waals surface area contributed by atoms with Crippen molar-refractivity contribution in [1.82, 2.24) is 0 Å². The summed E-state index contributed by atoms with van der Waals surface area (Å²) >= 11 is 5.82. The number of nitrogens with two attached hydrogens (primary N) is 1. The Morgan fingerprint density at radius 3 is 2.39 bits per heavy atom. The molecule has 0 heterocycles. The van der Waals surface area contributed by atoms with Gasteiger partial charge in [-0.05, 0) is 17.7 Å². The minimum absolute atomic E-state index is 0.220. The van der Waals surface area contributed by atoms with E-state index in [1.165, 1.54) is 13.4 Å². The smallest absolute Gasteiger partial charge is 0.152 e. The molecule has 0 unspecified atom stereocenters. The van der Waals surface area contributed by atoms with Crippen molar-refractivity contribution in [1.29, 1.82) is 0 Å². The highest BCUT2D eigenvalue weighted by molar-refractivity contribution is 7.91. The molecule has 2 rings (SSSR count). The van der Waals surface area contributed by atoms with Crippen LogP contribution in [0.4, 0.5) is 0 Å². The van der Waals surface area contributed by atoms with Crippen molar-refractivity contribution in [2.45, 2.75) is 16.7 Å². The van der Waals surface area contributed by atoms with Crippen LogP contribution in [0.5, 0.6) is 0 Å². The van der Waals surface area contributed by atoms with Crippen LogP contribution in [0.1, 0.15) is 11.5 Å². The molecule has 0 aromatic heterocycles. The van der Waals surface area contributed by atoms with Gasteiger partial charge in [-0.3, -0.25) is 0 Å². The summed E-state index contributed by atoms with van der Waals surface area (Å²) in [4.78, 5) is 0. The predicted molar refractivity (Wildman–Crippen MR) is 71.6 cm³/mol. The molecule has 3 atom stereocenters. The van der Waals surface area contributed by atoms with Crippen molar-refractivity contribution >= 4 is 21.4 Å². The molecule has 1 aromatic carbocycles. The number of hydrogen-bond acceptors (Lipinski definition) is 4. The average Bonchev–Trinajstić information content (AvgIpc) is 2.86. The van der Waals surface area contributed by atoms with Gasteiger partial charge in [0.25, 0.3) is 0 Å². The van der Waals surface area contributed by atoms with Gasteiger partial charge in [0.15, 0.2) is 9.84 Å². The molecule has 0 radical (unpaired) electrons. The lowest BCUT2D eigenvalue weighted by Gasteiger charge is -2.10. The van der Waals surface area contributed by atoms with Crippen molar-refractivity contribution in [3.8, 4) is 0 Å². The van der Waals surface area contributed by atoms with E-state index in [1.807, 2.05) is 12.1 Å². The Hall–Kier alpha value is -0.620. The highest BCUT2D eigenvalue weighted by Crippen LogP contribution is 2.54. The van der Waals surface area contributed by atoms with Gasteiger partial charge in [-0.25, -0.2) is 8.42 Å². The average molecular weight is 290 g/mol. The summed E-state index contributed by atoms with van der Waals surface area (Å²) < 4.78 is 28.6. The third-order valence-electron chi connectivity index (χ3n) is 3.39. The lowest BCUT2D eigenvalue weighted by atomic mass is 10.1. The first kappa shape index (κ1) is 13.8. The summed E-state index contributed by atoms with van der Waals surface area (Å²) in [6.45, 7) is 0.220. The van der Waals surface area contributed by atoms with Crippen molar-refractivity contribution in [2.24, 2.45) is 5.73 Å². The van der Waals surface area contributed by atoms with Gasteiger partial charge >= 0.3 is 0 Å². The fraction of sp³-hybridized carbons (Fsp3) is 0.500. The SMILES string of the molecule is COC[C@]1(N)[C@@H](c2ccc(Cl)cc2)[C@@H]1S(C)(=O)=O. The second kappa shape index (κ2) is 4.49. The number of benzene rings is 1. The molecule has 2 N–H and O–H groups in total. The third kappa shape index (κ3) is 2.28. The van der Waals surface area contributed by atoms with Gasteiger partial charge in [0.2, 0.25) is 0 Å². The third-order valence-corrected chi connectivity index (χ3v) is 5.27. The Labute approximate surface area is 112 Å². The van der Waals surface area contributed by atoms with E-state index in [0.29, 0.717) is 5.02 Å². The number of hydrogen-bond donors (Lipinski definition) is 1. The Balaban J connectivity index is 2.35. The largest absolute Gasteiger partial charge is 0.383 e. The maximum atomic E-state index is 11.8. The maximum absolute atomic E-state index is 11.8. The van der Waals surface area contributed by atoms with Crippen LogP contribution < -0.4 is 5.73 Å². The van der Waals surface area contributed by atoms with Gasteiger partial charge in [0.1, 0.15) is 0 Å². The molecule has 1 aliphatic carbocycles. The molecular weight excluding hydrogens is 274 g/mol. The van der Waals surface area contributed by atoms with Crippen LogP contribution >= 0.6 is 11.6 Å². The first-order valence-electron chi connectivity index (χ1n) is 5.53. The topological polar surface area (TPSA) is 69.4 Å². The zero-order chi connectivity index (χ0) is 13.6. The van der Waals surface area contributed by atoms with Gasteiger partial charge in [-0.1, -0.05) is 23.7 Å². The number of methoxy groups -OCH3 is 1. The standard InChI is InChI=1S/C12H16ClNO3S/c1-17-7-12(14)10(11(12)18(2,15)16)8-3-5-9(13)6-4-8/h3-6,10-11H,7,14H2,1-2H3/t10-,11-,12-/m0/s1. The minimum Gasteiger partial charge on any atom is -0.383 e. The zero-order valence-corrected chi connectivity index (χ0v) is 11.8. The number of sulfone groups is 1. The number of ether oxygens (including phenoxy) is 1. The van der Waals surface area contributed by atoms with Crippen LogP contribution in [-0.2, 0) is 14.6 Å². The second-order valence-corrected chi connectivity index (χ2v) is 7.43. The van der Waals surface area contributed by atoms with Gasteiger partial charge < -0.3 is 10.5 Å². The molecule has 6 heteroatoms. The molecule has 100 valence electrons. The molecule has 1 aromatic rings. The van der Waals surface area contributed by atoms with Crippen LogP contribution in [0.3, 0.4) is 0 Å².